The number of imidazole rings is 1. The maximum Gasteiger partial charge on any atom is 0.211 e. The van der Waals surface area contributed by atoms with Crippen molar-refractivity contribution >= 4 is 10.0 Å². The molecule has 0 radical (unpaired) electrons. The van der Waals surface area contributed by atoms with Crippen LogP contribution in [-0.4, -0.2) is 55.3 Å². The molecule has 1 saturated heterocycles. The van der Waals surface area contributed by atoms with Gasteiger partial charge in [0.1, 0.15) is 5.82 Å². The first-order chi connectivity index (χ1) is 9.91. The van der Waals surface area contributed by atoms with Crippen LogP contribution in [0.5, 0.6) is 0 Å². The van der Waals surface area contributed by atoms with Gasteiger partial charge in [-0.1, -0.05) is 0 Å². The van der Waals surface area contributed by atoms with Crippen molar-refractivity contribution < 1.29 is 13.2 Å². The first-order valence-electron chi connectivity index (χ1n) is 7.37. The summed E-state index contributed by atoms with van der Waals surface area (Å²) in [5.41, 5.74) is 1.15. The number of aromatic nitrogens is 2. The quantitative estimate of drug-likeness (QED) is 0.787. The lowest BCUT2D eigenvalue weighted by Crippen LogP contribution is -2.38. The van der Waals surface area contributed by atoms with E-state index >= 15 is 0 Å². The first kappa shape index (κ1) is 16.5. The summed E-state index contributed by atoms with van der Waals surface area (Å²) in [6.07, 6.45) is 5.91. The van der Waals surface area contributed by atoms with Gasteiger partial charge in [-0.25, -0.2) is 17.7 Å². The van der Waals surface area contributed by atoms with E-state index in [-0.39, 0.29) is 0 Å². The highest BCUT2D eigenvalue weighted by Crippen LogP contribution is 2.23. The molecule has 1 aliphatic rings. The molecular weight excluding hydrogens is 290 g/mol. The van der Waals surface area contributed by atoms with Gasteiger partial charge in [0, 0.05) is 45.1 Å². The highest BCUT2D eigenvalue weighted by molar-refractivity contribution is 7.88. The molecule has 0 spiro atoms. The maximum atomic E-state index is 11.5. The molecule has 1 aliphatic heterocycles. The fourth-order valence-corrected chi connectivity index (χ4v) is 3.74. The summed E-state index contributed by atoms with van der Waals surface area (Å²) < 4.78 is 32.0. The molecule has 7 heteroatoms. The molecule has 0 unspecified atom stereocenters. The van der Waals surface area contributed by atoms with Crippen molar-refractivity contribution in [2.45, 2.75) is 32.7 Å². The summed E-state index contributed by atoms with van der Waals surface area (Å²) in [7, 11) is -1.34. The number of hydrogen-bond acceptors (Lipinski definition) is 4. The van der Waals surface area contributed by atoms with E-state index in [0.29, 0.717) is 25.6 Å². The third-order valence-corrected chi connectivity index (χ3v) is 5.47. The topological polar surface area (TPSA) is 64.4 Å². The van der Waals surface area contributed by atoms with E-state index in [1.54, 1.807) is 11.4 Å². The molecule has 1 fully saturated rings. The molecule has 1 aromatic heterocycles. The predicted octanol–water partition coefficient (Wildman–Crippen LogP) is 1.05. The molecule has 6 nitrogen and oxygen atoms in total. The van der Waals surface area contributed by atoms with Gasteiger partial charge in [0.05, 0.1) is 12.9 Å². The Bertz CT molecular complexity index is 560. The Morgan fingerprint density at radius 1 is 1.38 bits per heavy atom. The van der Waals surface area contributed by atoms with E-state index in [9.17, 15) is 8.42 Å². The summed E-state index contributed by atoms with van der Waals surface area (Å²) in [6.45, 7) is 4.80. The summed E-state index contributed by atoms with van der Waals surface area (Å²) in [4.78, 5) is 4.51. The average Bonchev–Trinajstić information content (AvgIpc) is 2.77. The summed E-state index contributed by atoms with van der Waals surface area (Å²) in [5, 5.41) is 0. The van der Waals surface area contributed by atoms with E-state index in [4.69, 9.17) is 4.74 Å². The Morgan fingerprint density at radius 2 is 2.05 bits per heavy atom. The molecule has 0 bridgehead atoms. The highest BCUT2D eigenvalue weighted by atomic mass is 32.2. The van der Waals surface area contributed by atoms with Crippen LogP contribution in [-0.2, 0) is 27.7 Å². The van der Waals surface area contributed by atoms with Crippen molar-refractivity contribution in [1.29, 1.82) is 0 Å². The van der Waals surface area contributed by atoms with Crippen LogP contribution in [0, 0.1) is 12.8 Å². The minimum Gasteiger partial charge on any atom is -0.383 e. The lowest BCUT2D eigenvalue weighted by molar-refractivity contribution is 0.184. The van der Waals surface area contributed by atoms with Crippen molar-refractivity contribution in [3.05, 3.63) is 17.7 Å². The highest BCUT2D eigenvalue weighted by Gasteiger charge is 2.26. The Kier molecular flexibility index (Phi) is 5.40. The van der Waals surface area contributed by atoms with Gasteiger partial charge < -0.3 is 9.30 Å². The minimum atomic E-state index is -3.04. The van der Waals surface area contributed by atoms with Crippen molar-refractivity contribution in [3.8, 4) is 0 Å². The third kappa shape index (κ3) is 4.28. The van der Waals surface area contributed by atoms with E-state index in [0.717, 1.165) is 37.3 Å². The van der Waals surface area contributed by atoms with Crippen molar-refractivity contribution in [1.82, 2.24) is 13.9 Å². The maximum absolute atomic E-state index is 11.5. The fourth-order valence-electron chi connectivity index (χ4n) is 2.87. The lowest BCUT2D eigenvalue weighted by Gasteiger charge is -2.30. The molecule has 0 atom stereocenters. The monoisotopic (exact) mass is 315 g/mol. The van der Waals surface area contributed by atoms with Crippen LogP contribution in [0.25, 0.3) is 0 Å². The largest absolute Gasteiger partial charge is 0.383 e. The van der Waals surface area contributed by atoms with E-state index in [1.165, 1.54) is 6.26 Å². The third-order valence-electron chi connectivity index (χ3n) is 4.17. The van der Waals surface area contributed by atoms with E-state index < -0.39 is 10.0 Å². The number of rotatable bonds is 6. The van der Waals surface area contributed by atoms with Crippen LogP contribution in [0.15, 0.2) is 6.20 Å². The number of aryl methyl sites for hydroxylation is 1. The molecule has 1 aromatic rings. The second-order valence-electron chi connectivity index (χ2n) is 5.77. The van der Waals surface area contributed by atoms with Crippen LogP contribution < -0.4 is 0 Å². The van der Waals surface area contributed by atoms with Crippen LogP contribution in [0.3, 0.4) is 0 Å². The van der Waals surface area contributed by atoms with E-state index in [2.05, 4.69) is 16.5 Å². The average molecular weight is 315 g/mol. The Balaban J connectivity index is 1.95. The van der Waals surface area contributed by atoms with Gasteiger partial charge in [-0.2, -0.15) is 0 Å². The van der Waals surface area contributed by atoms with Crippen molar-refractivity contribution in [3.63, 3.8) is 0 Å². The molecule has 0 saturated carbocycles. The van der Waals surface area contributed by atoms with Gasteiger partial charge in [0.25, 0.3) is 0 Å². The van der Waals surface area contributed by atoms with Gasteiger partial charge >= 0.3 is 0 Å². The minimum absolute atomic E-state index is 0.506. The number of nitrogens with zero attached hydrogens (tertiary/aromatic N) is 3. The van der Waals surface area contributed by atoms with Gasteiger partial charge in [-0.15, -0.1) is 0 Å². The number of methoxy groups -OCH3 is 1. The van der Waals surface area contributed by atoms with Crippen LogP contribution in [0.1, 0.15) is 24.4 Å². The number of ether oxygens (including phenoxy) is 1. The fraction of sp³-hybridized carbons (Fsp3) is 0.786. The van der Waals surface area contributed by atoms with Gasteiger partial charge in [0.15, 0.2) is 0 Å². The van der Waals surface area contributed by atoms with Gasteiger partial charge in [0.2, 0.25) is 10.0 Å². The Hall–Kier alpha value is -0.920. The smallest absolute Gasteiger partial charge is 0.211 e. The van der Waals surface area contributed by atoms with Crippen LogP contribution in [0.2, 0.25) is 0 Å². The van der Waals surface area contributed by atoms with Crippen molar-refractivity contribution in [2.24, 2.45) is 5.92 Å². The van der Waals surface area contributed by atoms with Crippen molar-refractivity contribution in [2.75, 3.05) is 33.1 Å². The van der Waals surface area contributed by atoms with E-state index in [1.807, 2.05) is 6.20 Å². The van der Waals surface area contributed by atoms with Gasteiger partial charge in [-0.05, 0) is 25.7 Å². The lowest BCUT2D eigenvalue weighted by atomic mass is 9.94. The molecular formula is C14H25N3O3S. The molecule has 120 valence electrons. The van der Waals surface area contributed by atoms with Crippen LogP contribution in [0.4, 0.5) is 0 Å². The summed E-state index contributed by atoms with van der Waals surface area (Å²) in [5.74, 6) is 1.59. The summed E-state index contributed by atoms with van der Waals surface area (Å²) >= 11 is 0. The number of hydrogen-bond donors (Lipinski definition) is 0. The zero-order valence-electron chi connectivity index (χ0n) is 13.1. The SMILES string of the molecule is COCCn1c(C)cnc1CC1CCN(S(C)(=O)=O)CC1. The Labute approximate surface area is 127 Å². The molecule has 2 heterocycles. The molecule has 2 rings (SSSR count). The second-order valence-corrected chi connectivity index (χ2v) is 7.75. The molecule has 0 aromatic carbocycles. The standard InChI is InChI=1S/C14H25N3O3S/c1-12-11-15-14(17(12)8-9-20-2)10-13-4-6-16(7-5-13)21(3,18)19/h11,13H,4-10H2,1-3H3. The molecule has 0 amide bonds. The number of piperidine rings is 1. The molecule has 0 N–H and O–H groups in total. The predicted molar refractivity (Wildman–Crippen MR) is 81.7 cm³/mol. The molecule has 0 aliphatic carbocycles. The first-order valence-corrected chi connectivity index (χ1v) is 9.21. The summed E-state index contributed by atoms with van der Waals surface area (Å²) in [6, 6.07) is 0. The zero-order valence-corrected chi connectivity index (χ0v) is 13.9. The normalized spacial score (nSPS) is 18.2. The number of sulfonamides is 1. The van der Waals surface area contributed by atoms with Gasteiger partial charge in [-0.3, -0.25) is 0 Å². The Morgan fingerprint density at radius 3 is 2.62 bits per heavy atom. The zero-order chi connectivity index (χ0) is 15.5. The second kappa shape index (κ2) is 6.89. The molecule has 21 heavy (non-hydrogen) atoms. The van der Waals surface area contributed by atoms with Crippen LogP contribution >= 0.6 is 0 Å².